The second-order valence-corrected chi connectivity index (χ2v) is 8.40. The quantitative estimate of drug-likeness (QED) is 0.424. The molecule has 3 aromatic carbocycles. The minimum Gasteiger partial charge on any atom is -0.497 e. The third kappa shape index (κ3) is 3.55. The van der Waals surface area contributed by atoms with E-state index in [4.69, 9.17) is 16.3 Å². The Morgan fingerprint density at radius 1 is 1.00 bits per heavy atom. The lowest BCUT2D eigenvalue weighted by molar-refractivity contribution is 0.0730. The maximum absolute atomic E-state index is 13.5. The molecule has 1 unspecified atom stereocenters. The van der Waals surface area contributed by atoms with Gasteiger partial charge in [0.2, 0.25) is 0 Å². The second-order valence-electron chi connectivity index (χ2n) is 7.96. The zero-order valence-corrected chi connectivity index (χ0v) is 18.6. The lowest BCUT2D eigenvalue weighted by Gasteiger charge is -2.26. The number of hydrogen-bond donors (Lipinski definition) is 1. The first kappa shape index (κ1) is 20.3. The van der Waals surface area contributed by atoms with E-state index >= 15 is 0 Å². The topological polar surface area (TPSA) is 58.2 Å². The summed E-state index contributed by atoms with van der Waals surface area (Å²) >= 11 is 6.06. The van der Waals surface area contributed by atoms with Gasteiger partial charge in [-0.15, -0.1) is 0 Å². The first-order valence-corrected chi connectivity index (χ1v) is 10.8. The highest BCUT2D eigenvalue weighted by molar-refractivity contribution is 6.30. The molecule has 0 spiro atoms. The van der Waals surface area contributed by atoms with E-state index in [0.29, 0.717) is 17.3 Å². The SMILES string of the molecule is COc1ccc(-c2n[nH]c3c2C(c2ccc(C)cc2)N(Cc2ccc(Cl)cc2)C3=O)cc1. The Bertz CT molecular complexity index is 1260. The number of carbonyl (C=O) groups excluding carboxylic acids is 1. The van der Waals surface area contributed by atoms with Crippen LogP contribution in [0.5, 0.6) is 5.75 Å². The molecule has 1 aromatic heterocycles. The molecule has 1 N–H and O–H groups in total. The standard InChI is InChI=1S/C26H22ClN3O2/c1-16-3-7-19(8-4-16)25-22-23(18-9-13-21(32-2)14-10-18)28-29-24(22)26(31)30(25)15-17-5-11-20(27)12-6-17/h3-14,25H,15H2,1-2H3,(H,28,29). The van der Waals surface area contributed by atoms with Gasteiger partial charge in [-0.05, 0) is 54.4 Å². The Morgan fingerprint density at radius 3 is 2.34 bits per heavy atom. The number of hydrogen-bond acceptors (Lipinski definition) is 3. The Labute approximate surface area is 191 Å². The molecule has 4 aromatic rings. The lowest BCUT2D eigenvalue weighted by atomic mass is 9.95. The molecule has 1 atom stereocenters. The normalized spacial score (nSPS) is 15.2. The average molecular weight is 444 g/mol. The Balaban J connectivity index is 1.61. The number of aromatic nitrogens is 2. The number of benzene rings is 3. The number of rotatable bonds is 5. The van der Waals surface area contributed by atoms with E-state index in [1.165, 1.54) is 5.56 Å². The highest BCUT2D eigenvalue weighted by Crippen LogP contribution is 2.43. The predicted molar refractivity (Wildman–Crippen MR) is 125 cm³/mol. The molecule has 1 aliphatic heterocycles. The Kier molecular flexibility index (Phi) is 5.19. The number of carbonyl (C=O) groups is 1. The van der Waals surface area contributed by atoms with Crippen LogP contribution < -0.4 is 4.74 Å². The summed E-state index contributed by atoms with van der Waals surface area (Å²) in [5.74, 6) is 0.712. The Hall–Kier alpha value is -3.57. The number of fused-ring (bicyclic) bond motifs is 1. The minimum atomic E-state index is -0.246. The fourth-order valence-electron chi connectivity index (χ4n) is 4.21. The van der Waals surface area contributed by atoms with Gasteiger partial charge in [0.15, 0.2) is 0 Å². The zero-order chi connectivity index (χ0) is 22.2. The smallest absolute Gasteiger partial charge is 0.273 e. The highest BCUT2D eigenvalue weighted by Gasteiger charge is 2.42. The summed E-state index contributed by atoms with van der Waals surface area (Å²) in [6.45, 7) is 2.53. The highest BCUT2D eigenvalue weighted by atomic mass is 35.5. The number of aryl methyl sites for hydroxylation is 1. The third-order valence-electron chi connectivity index (χ3n) is 5.89. The van der Waals surface area contributed by atoms with Gasteiger partial charge in [0.1, 0.15) is 11.4 Å². The van der Waals surface area contributed by atoms with Crippen LogP contribution in [0.1, 0.15) is 38.8 Å². The van der Waals surface area contributed by atoms with Crippen LogP contribution in [0.3, 0.4) is 0 Å². The second kappa shape index (κ2) is 8.17. The molecule has 1 aliphatic rings. The van der Waals surface area contributed by atoms with Gasteiger partial charge in [0.25, 0.3) is 5.91 Å². The summed E-state index contributed by atoms with van der Waals surface area (Å²) < 4.78 is 5.29. The largest absolute Gasteiger partial charge is 0.497 e. The summed E-state index contributed by atoms with van der Waals surface area (Å²) in [6.07, 6.45) is 0. The summed E-state index contributed by atoms with van der Waals surface area (Å²) in [7, 11) is 1.64. The molecule has 0 aliphatic carbocycles. The molecule has 0 radical (unpaired) electrons. The molecule has 6 heteroatoms. The van der Waals surface area contributed by atoms with Crippen LogP contribution >= 0.6 is 11.6 Å². The fraction of sp³-hybridized carbons (Fsp3) is 0.154. The van der Waals surface area contributed by atoms with Gasteiger partial charge in [0.05, 0.1) is 18.8 Å². The molecular weight excluding hydrogens is 422 g/mol. The first-order chi connectivity index (χ1) is 15.5. The van der Waals surface area contributed by atoms with Crippen LogP contribution in [0.25, 0.3) is 11.3 Å². The summed E-state index contributed by atoms with van der Waals surface area (Å²) in [5, 5.41) is 8.21. The zero-order valence-electron chi connectivity index (χ0n) is 17.8. The number of ether oxygens (including phenoxy) is 1. The first-order valence-electron chi connectivity index (χ1n) is 10.4. The van der Waals surface area contributed by atoms with Crippen LogP contribution in [-0.4, -0.2) is 28.1 Å². The number of nitrogens with one attached hydrogen (secondary N) is 1. The van der Waals surface area contributed by atoms with Crippen LogP contribution in [0.4, 0.5) is 0 Å². The van der Waals surface area contributed by atoms with Crippen LogP contribution in [0, 0.1) is 6.92 Å². The molecule has 5 nitrogen and oxygen atoms in total. The van der Waals surface area contributed by atoms with Gasteiger partial charge in [-0.1, -0.05) is 53.6 Å². The van der Waals surface area contributed by atoms with Crippen molar-refractivity contribution in [2.45, 2.75) is 19.5 Å². The number of amides is 1. The molecule has 2 heterocycles. The summed E-state index contributed by atoms with van der Waals surface area (Å²) in [6, 6.07) is 23.4. The molecule has 0 saturated heterocycles. The molecule has 0 bridgehead atoms. The molecule has 0 fully saturated rings. The molecule has 0 saturated carbocycles. The van der Waals surface area contributed by atoms with Crippen molar-refractivity contribution in [2.75, 3.05) is 7.11 Å². The number of nitrogens with zero attached hydrogens (tertiary/aromatic N) is 2. The van der Waals surface area contributed by atoms with E-state index in [1.54, 1.807) is 7.11 Å². The van der Waals surface area contributed by atoms with E-state index in [0.717, 1.165) is 33.7 Å². The monoisotopic (exact) mass is 443 g/mol. The molecule has 1 amide bonds. The average Bonchev–Trinajstić information content (AvgIpc) is 3.35. The van der Waals surface area contributed by atoms with Gasteiger partial charge in [-0.25, -0.2) is 0 Å². The van der Waals surface area contributed by atoms with Gasteiger partial charge < -0.3 is 9.64 Å². The van der Waals surface area contributed by atoms with Crippen molar-refractivity contribution in [3.8, 4) is 17.0 Å². The minimum absolute atomic E-state index is 0.0622. The van der Waals surface area contributed by atoms with Crippen molar-refractivity contribution in [2.24, 2.45) is 0 Å². The van der Waals surface area contributed by atoms with E-state index in [2.05, 4.69) is 41.4 Å². The van der Waals surface area contributed by atoms with Crippen LogP contribution in [-0.2, 0) is 6.54 Å². The molecule has 32 heavy (non-hydrogen) atoms. The predicted octanol–water partition coefficient (Wildman–Crippen LogP) is 5.79. The van der Waals surface area contributed by atoms with Gasteiger partial charge in [-0.2, -0.15) is 5.10 Å². The van der Waals surface area contributed by atoms with Gasteiger partial charge in [-0.3, -0.25) is 9.89 Å². The summed E-state index contributed by atoms with van der Waals surface area (Å²) in [5.41, 5.74) is 6.39. The molecule has 5 rings (SSSR count). The third-order valence-corrected chi connectivity index (χ3v) is 6.14. The van der Waals surface area contributed by atoms with E-state index in [9.17, 15) is 4.79 Å². The van der Waals surface area contributed by atoms with E-state index in [-0.39, 0.29) is 11.9 Å². The molecular formula is C26H22ClN3O2. The molecule has 160 valence electrons. The van der Waals surface area contributed by atoms with Crippen molar-refractivity contribution < 1.29 is 9.53 Å². The van der Waals surface area contributed by atoms with Crippen LogP contribution in [0.15, 0.2) is 72.8 Å². The van der Waals surface area contributed by atoms with Crippen molar-refractivity contribution in [3.63, 3.8) is 0 Å². The van der Waals surface area contributed by atoms with Gasteiger partial charge >= 0.3 is 0 Å². The van der Waals surface area contributed by atoms with E-state index < -0.39 is 0 Å². The number of methoxy groups -OCH3 is 1. The summed E-state index contributed by atoms with van der Waals surface area (Å²) in [4.78, 5) is 15.4. The number of H-pyrrole nitrogens is 1. The Morgan fingerprint density at radius 2 is 1.69 bits per heavy atom. The van der Waals surface area contributed by atoms with Gasteiger partial charge in [0, 0.05) is 22.7 Å². The lowest BCUT2D eigenvalue weighted by Crippen LogP contribution is -2.29. The maximum Gasteiger partial charge on any atom is 0.273 e. The van der Waals surface area contributed by atoms with Crippen molar-refractivity contribution in [1.29, 1.82) is 0 Å². The van der Waals surface area contributed by atoms with Crippen molar-refractivity contribution in [1.82, 2.24) is 15.1 Å². The fourth-order valence-corrected chi connectivity index (χ4v) is 4.34. The van der Waals surface area contributed by atoms with Crippen molar-refractivity contribution in [3.05, 3.63) is 106 Å². The number of halogens is 1. The number of aromatic amines is 1. The van der Waals surface area contributed by atoms with Crippen LogP contribution in [0.2, 0.25) is 5.02 Å². The van der Waals surface area contributed by atoms with E-state index in [1.807, 2.05) is 53.4 Å². The maximum atomic E-state index is 13.5. The van der Waals surface area contributed by atoms with Crippen molar-refractivity contribution >= 4 is 17.5 Å².